The number of aliphatic carboxylic acids is 1. The van der Waals surface area contributed by atoms with Crippen LogP contribution in [0.1, 0.15) is 38.4 Å². The molecule has 0 spiro atoms. The molecule has 0 amide bonds. The lowest BCUT2D eigenvalue weighted by Crippen LogP contribution is -2.19. The third-order valence-corrected chi connectivity index (χ3v) is 3.67. The average Bonchev–Trinajstić information content (AvgIpc) is 2.97. The number of rotatable bonds is 8. The molecular formula is C18H23N3O4. The van der Waals surface area contributed by atoms with Crippen molar-refractivity contribution in [1.82, 2.24) is 15.0 Å². The predicted molar refractivity (Wildman–Crippen MR) is 93.8 cm³/mol. The van der Waals surface area contributed by atoms with Crippen molar-refractivity contribution in [2.24, 2.45) is 0 Å². The molecule has 0 saturated carbocycles. The number of carboxylic acid groups (broad SMARTS) is 1. The van der Waals surface area contributed by atoms with E-state index in [4.69, 9.17) is 5.11 Å². The Bertz CT molecular complexity index is 725. The van der Waals surface area contributed by atoms with E-state index in [-0.39, 0.29) is 12.5 Å². The zero-order valence-electron chi connectivity index (χ0n) is 14.3. The van der Waals surface area contributed by atoms with Gasteiger partial charge < -0.3 is 15.3 Å². The molecule has 0 fully saturated rings. The van der Waals surface area contributed by atoms with Gasteiger partial charge in [-0.25, -0.2) is 4.68 Å². The number of aliphatic hydroxyl groups is 2. The van der Waals surface area contributed by atoms with E-state index in [1.54, 1.807) is 10.8 Å². The highest BCUT2D eigenvalue weighted by Gasteiger charge is 2.16. The Balaban J connectivity index is 2.22. The van der Waals surface area contributed by atoms with E-state index in [1.807, 2.05) is 44.2 Å². The van der Waals surface area contributed by atoms with Crippen LogP contribution in [0.25, 0.3) is 17.3 Å². The SMILES string of the molecule is CC(C)n1nnc(-c2ccccc2)c1C=CC(O)CC(O)CC(=O)O. The van der Waals surface area contributed by atoms with E-state index < -0.39 is 24.6 Å². The summed E-state index contributed by atoms with van der Waals surface area (Å²) in [6.45, 7) is 3.96. The summed E-state index contributed by atoms with van der Waals surface area (Å²) in [7, 11) is 0. The van der Waals surface area contributed by atoms with Crippen molar-refractivity contribution in [3.63, 3.8) is 0 Å². The number of carbonyl (C=O) groups is 1. The molecule has 2 rings (SSSR count). The Hall–Kier alpha value is -2.51. The molecule has 0 bridgehead atoms. The standard InChI is InChI=1S/C18H23N3O4/c1-12(2)21-16(9-8-14(22)10-15(23)11-17(24)25)18(19-20-21)13-6-4-3-5-7-13/h3-9,12,14-15,22-23H,10-11H2,1-2H3,(H,24,25). The second-order valence-electron chi connectivity index (χ2n) is 6.14. The molecule has 2 unspecified atom stereocenters. The van der Waals surface area contributed by atoms with Crippen LogP contribution in [0.4, 0.5) is 0 Å². The molecule has 0 aliphatic heterocycles. The van der Waals surface area contributed by atoms with Crippen LogP contribution in [-0.2, 0) is 4.79 Å². The van der Waals surface area contributed by atoms with Crippen molar-refractivity contribution < 1.29 is 20.1 Å². The molecule has 2 atom stereocenters. The smallest absolute Gasteiger partial charge is 0.305 e. The first-order valence-electron chi connectivity index (χ1n) is 8.15. The number of nitrogens with zero attached hydrogens (tertiary/aromatic N) is 3. The predicted octanol–water partition coefficient (Wildman–Crippen LogP) is 2.13. The van der Waals surface area contributed by atoms with Gasteiger partial charge in [0.05, 0.1) is 24.3 Å². The lowest BCUT2D eigenvalue weighted by Gasteiger charge is -2.12. The van der Waals surface area contributed by atoms with E-state index >= 15 is 0 Å². The Morgan fingerprint density at radius 2 is 1.92 bits per heavy atom. The molecular weight excluding hydrogens is 322 g/mol. The monoisotopic (exact) mass is 345 g/mol. The van der Waals surface area contributed by atoms with Crippen molar-refractivity contribution in [2.75, 3.05) is 0 Å². The first-order valence-corrected chi connectivity index (χ1v) is 8.15. The van der Waals surface area contributed by atoms with Crippen LogP contribution >= 0.6 is 0 Å². The van der Waals surface area contributed by atoms with Crippen LogP contribution in [0.5, 0.6) is 0 Å². The molecule has 3 N–H and O–H groups in total. The number of aliphatic hydroxyl groups excluding tert-OH is 2. The highest BCUT2D eigenvalue weighted by molar-refractivity contribution is 5.69. The van der Waals surface area contributed by atoms with Gasteiger partial charge in [0.2, 0.25) is 0 Å². The fourth-order valence-corrected chi connectivity index (χ4v) is 2.48. The lowest BCUT2D eigenvalue weighted by atomic mass is 10.1. The zero-order valence-corrected chi connectivity index (χ0v) is 14.3. The summed E-state index contributed by atoms with van der Waals surface area (Å²) >= 11 is 0. The van der Waals surface area contributed by atoms with Gasteiger partial charge in [0.15, 0.2) is 0 Å². The van der Waals surface area contributed by atoms with Crippen LogP contribution in [-0.4, -0.2) is 48.5 Å². The fraction of sp³-hybridized carbons (Fsp3) is 0.389. The normalized spacial score (nSPS) is 14.1. The van der Waals surface area contributed by atoms with Gasteiger partial charge in [0.25, 0.3) is 0 Å². The number of aromatic nitrogens is 3. The lowest BCUT2D eigenvalue weighted by molar-refractivity contribution is -0.139. The van der Waals surface area contributed by atoms with Gasteiger partial charge in [0, 0.05) is 18.0 Å². The highest BCUT2D eigenvalue weighted by atomic mass is 16.4. The number of hydrogen-bond donors (Lipinski definition) is 3. The van der Waals surface area contributed by atoms with Gasteiger partial charge in [0.1, 0.15) is 5.69 Å². The molecule has 0 aliphatic carbocycles. The second-order valence-corrected chi connectivity index (χ2v) is 6.14. The van der Waals surface area contributed by atoms with Crippen LogP contribution in [0.3, 0.4) is 0 Å². The minimum atomic E-state index is -1.10. The molecule has 134 valence electrons. The second kappa shape index (κ2) is 8.55. The highest BCUT2D eigenvalue weighted by Crippen LogP contribution is 2.24. The first-order chi connectivity index (χ1) is 11.9. The molecule has 7 nitrogen and oxygen atoms in total. The fourth-order valence-electron chi connectivity index (χ4n) is 2.48. The largest absolute Gasteiger partial charge is 0.481 e. The molecule has 1 heterocycles. The van der Waals surface area contributed by atoms with Crippen LogP contribution < -0.4 is 0 Å². The van der Waals surface area contributed by atoms with Gasteiger partial charge in [-0.05, 0) is 19.9 Å². The van der Waals surface area contributed by atoms with Crippen molar-refractivity contribution in [1.29, 1.82) is 0 Å². The van der Waals surface area contributed by atoms with E-state index in [9.17, 15) is 15.0 Å². The van der Waals surface area contributed by atoms with Crippen LogP contribution in [0, 0.1) is 0 Å². The van der Waals surface area contributed by atoms with E-state index in [1.165, 1.54) is 6.08 Å². The first kappa shape index (κ1) is 18.8. The van der Waals surface area contributed by atoms with Gasteiger partial charge >= 0.3 is 5.97 Å². The minimum Gasteiger partial charge on any atom is -0.481 e. The van der Waals surface area contributed by atoms with E-state index in [2.05, 4.69) is 10.3 Å². The maximum atomic E-state index is 10.6. The Kier molecular flexibility index (Phi) is 6.44. The molecule has 0 radical (unpaired) electrons. The summed E-state index contributed by atoms with van der Waals surface area (Å²) in [5.41, 5.74) is 2.35. The van der Waals surface area contributed by atoms with Crippen molar-refractivity contribution in [3.05, 3.63) is 42.1 Å². The van der Waals surface area contributed by atoms with E-state index in [0.29, 0.717) is 5.69 Å². The summed E-state index contributed by atoms with van der Waals surface area (Å²) in [6, 6.07) is 9.68. The topological polar surface area (TPSA) is 108 Å². The summed E-state index contributed by atoms with van der Waals surface area (Å²) in [4.78, 5) is 10.6. The third kappa shape index (κ3) is 5.23. The molecule has 2 aromatic rings. The van der Waals surface area contributed by atoms with Crippen LogP contribution in [0.15, 0.2) is 36.4 Å². The van der Waals surface area contributed by atoms with Gasteiger partial charge in [-0.3, -0.25) is 4.79 Å². The van der Waals surface area contributed by atoms with Crippen molar-refractivity contribution in [3.8, 4) is 11.3 Å². The Morgan fingerprint density at radius 3 is 2.52 bits per heavy atom. The summed E-state index contributed by atoms with van der Waals surface area (Å²) in [5, 5.41) is 36.7. The summed E-state index contributed by atoms with van der Waals surface area (Å²) < 4.78 is 1.75. The van der Waals surface area contributed by atoms with Crippen LogP contribution in [0.2, 0.25) is 0 Å². The van der Waals surface area contributed by atoms with Gasteiger partial charge in [-0.15, -0.1) is 5.10 Å². The molecule has 0 saturated heterocycles. The number of benzene rings is 1. The Morgan fingerprint density at radius 1 is 1.24 bits per heavy atom. The van der Waals surface area contributed by atoms with E-state index in [0.717, 1.165) is 11.3 Å². The van der Waals surface area contributed by atoms with Gasteiger partial charge in [-0.2, -0.15) is 0 Å². The molecule has 1 aromatic heterocycles. The van der Waals surface area contributed by atoms with Crippen molar-refractivity contribution in [2.45, 2.75) is 44.9 Å². The van der Waals surface area contributed by atoms with Crippen molar-refractivity contribution >= 4 is 12.0 Å². The summed E-state index contributed by atoms with van der Waals surface area (Å²) in [6.07, 6.45) is 0.723. The minimum absolute atomic E-state index is 0.0489. The summed E-state index contributed by atoms with van der Waals surface area (Å²) in [5.74, 6) is -1.10. The number of hydrogen-bond acceptors (Lipinski definition) is 5. The maximum absolute atomic E-state index is 10.6. The molecule has 1 aromatic carbocycles. The molecule has 25 heavy (non-hydrogen) atoms. The average molecular weight is 345 g/mol. The molecule has 7 heteroatoms. The maximum Gasteiger partial charge on any atom is 0.305 e. The molecule has 0 aliphatic rings. The third-order valence-electron chi connectivity index (χ3n) is 3.67. The quantitative estimate of drug-likeness (QED) is 0.676. The van der Waals surface area contributed by atoms with Gasteiger partial charge in [-0.1, -0.05) is 41.6 Å². The zero-order chi connectivity index (χ0) is 18.4. The Labute approximate surface area is 146 Å². The number of carboxylic acids is 1.